The second-order valence-electron chi connectivity index (χ2n) is 6.17. The van der Waals surface area contributed by atoms with Crippen molar-refractivity contribution in [3.05, 3.63) is 65.4 Å². The lowest BCUT2D eigenvalue weighted by Gasteiger charge is -2.16. The van der Waals surface area contributed by atoms with Crippen molar-refractivity contribution in [2.75, 3.05) is 19.5 Å². The summed E-state index contributed by atoms with van der Waals surface area (Å²) >= 11 is 0. The van der Waals surface area contributed by atoms with Gasteiger partial charge in [0.1, 0.15) is 11.6 Å². The fourth-order valence-corrected chi connectivity index (χ4v) is 2.60. The van der Waals surface area contributed by atoms with Crippen LogP contribution in [-0.4, -0.2) is 20.1 Å². The first-order valence-corrected chi connectivity index (χ1v) is 8.77. The third-order valence-electron chi connectivity index (χ3n) is 4.23. The predicted octanol–water partition coefficient (Wildman–Crippen LogP) is 4.42. The number of rotatable bonds is 7. The number of anilines is 1. The maximum absolute atomic E-state index is 13.1. The Balaban J connectivity index is 2.17. The van der Waals surface area contributed by atoms with E-state index in [9.17, 15) is 23.2 Å². The molecule has 0 heterocycles. The maximum atomic E-state index is 13.1. The lowest BCUT2D eigenvalue weighted by molar-refractivity contribution is -0.137. The Morgan fingerprint density at radius 3 is 2.40 bits per heavy atom. The van der Waals surface area contributed by atoms with Gasteiger partial charge in [0.25, 0.3) is 5.91 Å². The fourth-order valence-electron chi connectivity index (χ4n) is 2.60. The van der Waals surface area contributed by atoms with Crippen LogP contribution >= 0.6 is 0 Å². The van der Waals surface area contributed by atoms with Crippen LogP contribution in [0.4, 0.5) is 18.9 Å². The van der Waals surface area contributed by atoms with Gasteiger partial charge in [0, 0.05) is 12.2 Å². The molecule has 0 aliphatic heterocycles. The molecule has 1 amide bonds. The average Bonchev–Trinajstić information content (AvgIpc) is 2.73. The second kappa shape index (κ2) is 9.69. The molecule has 1 atom stereocenters. The number of nitriles is 1. The summed E-state index contributed by atoms with van der Waals surface area (Å²) in [6.07, 6.45) is -3.48. The molecule has 2 aromatic rings. The summed E-state index contributed by atoms with van der Waals surface area (Å²) in [4.78, 5) is 12.3. The molecule has 0 spiro atoms. The van der Waals surface area contributed by atoms with Gasteiger partial charge in [-0.25, -0.2) is 0 Å². The highest BCUT2D eigenvalue weighted by Crippen LogP contribution is 2.34. The highest BCUT2D eigenvalue weighted by atomic mass is 19.4. The number of hydrogen-bond donors (Lipinski definition) is 2. The Hall–Kier alpha value is -3.67. The molecule has 0 fully saturated rings. The molecule has 0 aliphatic rings. The molecular weight excluding hydrogens is 399 g/mol. The normalized spacial score (nSPS) is 12.5. The van der Waals surface area contributed by atoms with Crippen LogP contribution in [0.2, 0.25) is 0 Å². The van der Waals surface area contributed by atoms with E-state index in [0.29, 0.717) is 11.5 Å². The number of benzene rings is 2. The Labute approximate surface area is 171 Å². The van der Waals surface area contributed by atoms with E-state index >= 15 is 0 Å². The molecule has 2 aromatic carbocycles. The molecule has 2 rings (SSSR count). The molecule has 0 aliphatic carbocycles. The molecule has 0 aromatic heterocycles. The smallest absolute Gasteiger partial charge is 0.418 e. The van der Waals surface area contributed by atoms with Crippen molar-refractivity contribution < 1.29 is 27.4 Å². The lowest BCUT2D eigenvalue weighted by atomic mass is 10.1. The Morgan fingerprint density at radius 1 is 1.13 bits per heavy atom. The number of methoxy groups -OCH3 is 2. The van der Waals surface area contributed by atoms with E-state index in [2.05, 4.69) is 10.6 Å². The monoisotopic (exact) mass is 419 g/mol. The van der Waals surface area contributed by atoms with Crippen molar-refractivity contribution in [1.29, 1.82) is 5.26 Å². The first-order valence-electron chi connectivity index (χ1n) is 8.77. The number of alkyl halides is 3. The van der Waals surface area contributed by atoms with Crippen molar-refractivity contribution >= 4 is 11.6 Å². The molecule has 9 heteroatoms. The van der Waals surface area contributed by atoms with Crippen molar-refractivity contribution in [1.82, 2.24) is 5.32 Å². The van der Waals surface area contributed by atoms with Crippen LogP contribution in [0.5, 0.6) is 11.5 Å². The number of nitrogens with one attached hydrogen (secondary N) is 2. The number of halogens is 3. The van der Waals surface area contributed by atoms with Gasteiger partial charge in [-0.05, 0) is 36.8 Å². The van der Waals surface area contributed by atoms with Gasteiger partial charge in [-0.15, -0.1) is 0 Å². The van der Waals surface area contributed by atoms with Crippen LogP contribution in [-0.2, 0) is 11.0 Å². The minimum atomic E-state index is -4.64. The minimum absolute atomic E-state index is 0.330. The molecule has 0 radical (unpaired) electrons. The van der Waals surface area contributed by atoms with Gasteiger partial charge in [0.2, 0.25) is 0 Å². The van der Waals surface area contributed by atoms with E-state index in [1.54, 1.807) is 31.2 Å². The molecule has 0 saturated heterocycles. The van der Waals surface area contributed by atoms with Crippen LogP contribution in [0.25, 0.3) is 0 Å². The first-order chi connectivity index (χ1) is 14.2. The van der Waals surface area contributed by atoms with E-state index in [4.69, 9.17) is 9.47 Å². The molecule has 158 valence electrons. The standard InChI is InChI=1S/C21H20F3N3O3/c1-13(14-8-9-18(29-2)19(10-14)30-3)26-12-15(11-25)20(28)27-17-7-5-4-6-16(17)21(22,23)24/h4-10,12-13,26H,1-3H3,(H,27,28)/b15-12-. The van der Waals surface area contributed by atoms with Crippen LogP contribution < -0.4 is 20.1 Å². The van der Waals surface area contributed by atoms with Crippen molar-refractivity contribution in [2.45, 2.75) is 19.1 Å². The lowest BCUT2D eigenvalue weighted by Crippen LogP contribution is -2.20. The number of hydrogen-bond acceptors (Lipinski definition) is 5. The number of carbonyl (C=O) groups excluding carboxylic acids is 1. The molecular formula is C21H20F3N3O3. The summed E-state index contributed by atoms with van der Waals surface area (Å²) in [6.45, 7) is 1.78. The number of amides is 1. The molecule has 0 saturated carbocycles. The topological polar surface area (TPSA) is 83.4 Å². The van der Waals surface area contributed by atoms with Gasteiger partial charge in [0.15, 0.2) is 11.5 Å². The van der Waals surface area contributed by atoms with E-state index < -0.39 is 23.3 Å². The summed E-state index contributed by atoms with van der Waals surface area (Å²) in [7, 11) is 3.01. The van der Waals surface area contributed by atoms with Crippen LogP contribution in [0.1, 0.15) is 24.1 Å². The summed E-state index contributed by atoms with van der Waals surface area (Å²) in [6, 6.07) is 11.1. The highest BCUT2D eigenvalue weighted by molar-refractivity contribution is 6.06. The minimum Gasteiger partial charge on any atom is -0.493 e. The highest BCUT2D eigenvalue weighted by Gasteiger charge is 2.33. The molecule has 6 nitrogen and oxygen atoms in total. The molecule has 0 bridgehead atoms. The second-order valence-corrected chi connectivity index (χ2v) is 6.17. The SMILES string of the molecule is COc1ccc(C(C)N/C=C(/C#N)C(=O)Nc2ccccc2C(F)(F)F)cc1OC. The average molecular weight is 419 g/mol. The van der Waals surface area contributed by atoms with Gasteiger partial charge in [-0.1, -0.05) is 18.2 Å². The number of carbonyl (C=O) groups is 1. The Bertz CT molecular complexity index is 981. The third-order valence-corrected chi connectivity index (χ3v) is 4.23. The van der Waals surface area contributed by atoms with Crippen molar-refractivity contribution in [3.8, 4) is 17.6 Å². The molecule has 2 N–H and O–H groups in total. The third kappa shape index (κ3) is 5.44. The van der Waals surface area contributed by atoms with Crippen molar-refractivity contribution in [2.24, 2.45) is 0 Å². The quantitative estimate of drug-likeness (QED) is 0.513. The summed E-state index contributed by atoms with van der Waals surface area (Å²) in [5.74, 6) is 0.0975. The van der Waals surface area contributed by atoms with Crippen LogP contribution in [0.3, 0.4) is 0 Å². The predicted molar refractivity (Wildman–Crippen MR) is 105 cm³/mol. The maximum Gasteiger partial charge on any atom is 0.418 e. The van der Waals surface area contributed by atoms with E-state index in [0.717, 1.165) is 23.9 Å². The summed E-state index contributed by atoms with van der Waals surface area (Å²) < 4.78 is 49.6. The summed E-state index contributed by atoms with van der Waals surface area (Å²) in [5.41, 5.74) is -1.02. The van der Waals surface area contributed by atoms with E-state index in [-0.39, 0.29) is 11.6 Å². The van der Waals surface area contributed by atoms with E-state index in [1.165, 1.54) is 26.4 Å². The number of para-hydroxylation sites is 1. The Kier molecular flexibility index (Phi) is 7.31. The summed E-state index contributed by atoms with van der Waals surface area (Å²) in [5, 5.41) is 14.3. The van der Waals surface area contributed by atoms with Crippen LogP contribution in [0.15, 0.2) is 54.2 Å². The zero-order valence-electron chi connectivity index (χ0n) is 16.5. The Morgan fingerprint density at radius 2 is 1.80 bits per heavy atom. The van der Waals surface area contributed by atoms with E-state index in [1.807, 2.05) is 0 Å². The fraction of sp³-hybridized carbons (Fsp3) is 0.238. The van der Waals surface area contributed by atoms with Gasteiger partial charge in [-0.3, -0.25) is 4.79 Å². The van der Waals surface area contributed by atoms with Gasteiger partial charge < -0.3 is 20.1 Å². The van der Waals surface area contributed by atoms with Gasteiger partial charge in [-0.2, -0.15) is 18.4 Å². The largest absolute Gasteiger partial charge is 0.493 e. The van der Waals surface area contributed by atoms with Crippen molar-refractivity contribution in [3.63, 3.8) is 0 Å². The zero-order chi connectivity index (χ0) is 22.3. The van der Waals surface area contributed by atoms with Crippen LogP contribution in [0, 0.1) is 11.3 Å². The number of nitrogens with zero attached hydrogens (tertiary/aromatic N) is 1. The molecule has 1 unspecified atom stereocenters. The molecule has 30 heavy (non-hydrogen) atoms. The van der Waals surface area contributed by atoms with Gasteiger partial charge >= 0.3 is 6.18 Å². The number of ether oxygens (including phenoxy) is 2. The van der Waals surface area contributed by atoms with Gasteiger partial charge in [0.05, 0.1) is 25.5 Å². The zero-order valence-corrected chi connectivity index (χ0v) is 16.5. The first kappa shape index (κ1) is 22.6.